The number of allylic oxidation sites excluding steroid dienone is 1. The maximum Gasteiger partial charge on any atom is 0.332 e. The molecule has 0 aliphatic heterocycles. The lowest BCUT2D eigenvalue weighted by Gasteiger charge is -2.17. The van der Waals surface area contributed by atoms with Crippen molar-refractivity contribution in [3.8, 4) is 33.9 Å². The fourth-order valence-corrected chi connectivity index (χ4v) is 4.52. The van der Waals surface area contributed by atoms with Gasteiger partial charge in [-0.2, -0.15) is 0 Å². The number of rotatable bonds is 7. The molecule has 1 aliphatic rings. The number of fused-ring (bicyclic) bond motifs is 1. The summed E-state index contributed by atoms with van der Waals surface area (Å²) >= 11 is 0. The molecule has 2 aromatic carbocycles. The molecule has 0 radical (unpaired) electrons. The summed E-state index contributed by atoms with van der Waals surface area (Å²) in [6.45, 7) is 0. The zero-order chi connectivity index (χ0) is 25.4. The first-order valence-corrected chi connectivity index (χ1v) is 12.8. The average Bonchev–Trinajstić information content (AvgIpc) is 3.51. The summed E-state index contributed by atoms with van der Waals surface area (Å²) in [6.07, 6.45) is 6.40. The van der Waals surface area contributed by atoms with Crippen molar-refractivity contribution >= 4 is 15.7 Å². The summed E-state index contributed by atoms with van der Waals surface area (Å²) in [7, 11) is -1.93. The number of aromatic nitrogens is 2. The quantitative estimate of drug-likeness (QED) is 0.328. The Bertz CT molecular complexity index is 1690. The second-order valence-corrected chi connectivity index (χ2v) is 9.95. The van der Waals surface area contributed by atoms with Gasteiger partial charge in [-0.1, -0.05) is 18.2 Å². The van der Waals surface area contributed by atoms with Crippen molar-refractivity contribution in [1.82, 2.24) is 19.8 Å². The zero-order valence-electron chi connectivity index (χ0n) is 19.4. The first-order chi connectivity index (χ1) is 17.2. The van der Waals surface area contributed by atoms with Gasteiger partial charge in [-0.05, 0) is 47.9 Å². The van der Waals surface area contributed by atoms with E-state index in [0.29, 0.717) is 40.4 Å². The standard InChI is InChI=1S/C25H22N4O6S/c1-34-24-19(16-6-5-15-7-8-21(18(15)12-16)27-28-36(2,32)33)13-17(14-20(24)22-4-3-11-35-22)29-23(30)9-10-26-25(29)31/h3-6,8-14,27-28H,7H2,1-2H3,(H,26,31). The van der Waals surface area contributed by atoms with E-state index in [0.717, 1.165) is 27.5 Å². The van der Waals surface area contributed by atoms with Gasteiger partial charge < -0.3 is 19.6 Å². The molecule has 0 fully saturated rings. The molecule has 4 aromatic rings. The van der Waals surface area contributed by atoms with Crippen LogP contribution in [0, 0.1) is 0 Å². The Morgan fingerprint density at radius 1 is 1.06 bits per heavy atom. The number of methoxy groups -OCH3 is 1. The van der Waals surface area contributed by atoms with Crippen LogP contribution in [0.15, 0.2) is 81.1 Å². The number of nitrogens with one attached hydrogen (secondary N) is 3. The first kappa shape index (κ1) is 23.4. The average molecular weight is 507 g/mol. The van der Waals surface area contributed by atoms with Crippen LogP contribution in [0.2, 0.25) is 0 Å². The summed E-state index contributed by atoms with van der Waals surface area (Å²) in [5.41, 5.74) is 6.35. The molecule has 0 atom stereocenters. The third-order valence-electron chi connectivity index (χ3n) is 5.79. The molecule has 1 aliphatic carbocycles. The minimum atomic E-state index is -3.46. The SMILES string of the molecule is COc1c(-c2ccc3c(c2)C(NNS(C)(=O)=O)=CC3)cc(-n2c(=O)cc[nH]c2=O)cc1-c1ccco1. The number of H-pyrrole nitrogens is 1. The molecule has 0 spiro atoms. The molecular weight excluding hydrogens is 484 g/mol. The van der Waals surface area contributed by atoms with Crippen molar-refractivity contribution in [2.45, 2.75) is 6.42 Å². The lowest BCUT2D eigenvalue weighted by molar-refractivity contribution is 0.416. The van der Waals surface area contributed by atoms with Gasteiger partial charge in [-0.25, -0.2) is 17.8 Å². The Balaban J connectivity index is 1.71. The van der Waals surface area contributed by atoms with Crippen LogP contribution in [0.3, 0.4) is 0 Å². The second-order valence-electron chi connectivity index (χ2n) is 8.20. The van der Waals surface area contributed by atoms with Crippen LogP contribution in [-0.2, 0) is 16.4 Å². The topological polar surface area (TPSA) is 135 Å². The van der Waals surface area contributed by atoms with Gasteiger partial charge in [0.1, 0.15) is 11.5 Å². The summed E-state index contributed by atoms with van der Waals surface area (Å²) in [4.78, 5) is 30.0. The molecule has 0 bridgehead atoms. The molecule has 0 saturated heterocycles. The van der Waals surface area contributed by atoms with Gasteiger partial charge in [0.15, 0.2) is 0 Å². The van der Waals surface area contributed by atoms with Crippen LogP contribution in [0.25, 0.3) is 33.8 Å². The van der Waals surface area contributed by atoms with Gasteiger partial charge in [0.2, 0.25) is 10.0 Å². The van der Waals surface area contributed by atoms with E-state index < -0.39 is 21.3 Å². The number of sulfonamides is 1. The van der Waals surface area contributed by atoms with Gasteiger partial charge in [-0.15, -0.1) is 4.83 Å². The van der Waals surface area contributed by atoms with Crippen LogP contribution < -0.4 is 26.2 Å². The highest BCUT2D eigenvalue weighted by Gasteiger charge is 2.21. The highest BCUT2D eigenvalue weighted by Crippen LogP contribution is 2.42. The molecule has 10 nitrogen and oxygen atoms in total. The van der Waals surface area contributed by atoms with Gasteiger partial charge >= 0.3 is 5.69 Å². The largest absolute Gasteiger partial charge is 0.495 e. The number of hydrogen-bond acceptors (Lipinski definition) is 7. The molecule has 2 heterocycles. The summed E-state index contributed by atoms with van der Waals surface area (Å²) in [5, 5.41) is 0. The van der Waals surface area contributed by atoms with Crippen LogP contribution in [0.5, 0.6) is 5.75 Å². The number of furan rings is 1. The summed E-state index contributed by atoms with van der Waals surface area (Å²) in [6, 6.07) is 13.9. The fraction of sp³-hybridized carbons (Fsp3) is 0.120. The summed E-state index contributed by atoms with van der Waals surface area (Å²) < 4.78 is 35.6. The Labute approximate surface area is 205 Å². The zero-order valence-corrected chi connectivity index (χ0v) is 20.2. The van der Waals surface area contributed by atoms with Crippen LogP contribution >= 0.6 is 0 Å². The van der Waals surface area contributed by atoms with Crippen LogP contribution in [0.4, 0.5) is 0 Å². The molecule has 0 saturated carbocycles. The molecule has 3 N–H and O–H groups in total. The number of hydrazine groups is 1. The number of nitrogens with zero attached hydrogens (tertiary/aromatic N) is 1. The number of hydrogen-bond donors (Lipinski definition) is 3. The van der Waals surface area contributed by atoms with E-state index in [1.165, 1.54) is 25.6 Å². The Morgan fingerprint density at radius 2 is 1.86 bits per heavy atom. The minimum absolute atomic E-state index is 0.331. The molecule has 2 aromatic heterocycles. The van der Waals surface area contributed by atoms with Crippen molar-refractivity contribution in [1.29, 1.82) is 0 Å². The van der Waals surface area contributed by atoms with E-state index in [9.17, 15) is 18.0 Å². The van der Waals surface area contributed by atoms with E-state index in [2.05, 4.69) is 15.2 Å². The lowest BCUT2D eigenvalue weighted by Crippen LogP contribution is -2.34. The van der Waals surface area contributed by atoms with Gasteiger partial charge in [0.25, 0.3) is 5.56 Å². The van der Waals surface area contributed by atoms with E-state index in [-0.39, 0.29) is 0 Å². The van der Waals surface area contributed by atoms with Crippen molar-refractivity contribution in [3.05, 3.63) is 99.0 Å². The van der Waals surface area contributed by atoms with Crippen LogP contribution in [-0.4, -0.2) is 31.3 Å². The third-order valence-corrected chi connectivity index (χ3v) is 6.26. The van der Waals surface area contributed by atoms with Crippen LogP contribution in [0.1, 0.15) is 11.1 Å². The Morgan fingerprint density at radius 3 is 2.56 bits per heavy atom. The molecule has 36 heavy (non-hydrogen) atoms. The highest BCUT2D eigenvalue weighted by molar-refractivity contribution is 7.88. The highest BCUT2D eigenvalue weighted by atomic mass is 32.2. The van der Waals surface area contributed by atoms with E-state index in [4.69, 9.17) is 9.15 Å². The molecule has 0 unspecified atom stereocenters. The number of aromatic amines is 1. The lowest BCUT2D eigenvalue weighted by atomic mass is 9.95. The second kappa shape index (κ2) is 9.02. The maximum absolute atomic E-state index is 12.6. The number of ether oxygens (including phenoxy) is 1. The molecule has 11 heteroatoms. The maximum atomic E-state index is 12.6. The molecule has 184 valence electrons. The Hall–Kier alpha value is -4.35. The monoisotopic (exact) mass is 506 g/mol. The van der Waals surface area contributed by atoms with Crippen molar-refractivity contribution in [2.75, 3.05) is 13.4 Å². The van der Waals surface area contributed by atoms with Crippen molar-refractivity contribution in [3.63, 3.8) is 0 Å². The third kappa shape index (κ3) is 4.37. The smallest absolute Gasteiger partial charge is 0.332 e. The van der Waals surface area contributed by atoms with Crippen molar-refractivity contribution < 1.29 is 17.6 Å². The normalized spacial score (nSPS) is 12.8. The molecule has 0 amide bonds. The predicted molar refractivity (Wildman–Crippen MR) is 135 cm³/mol. The first-order valence-electron chi connectivity index (χ1n) is 10.9. The van der Waals surface area contributed by atoms with E-state index in [1.54, 1.807) is 24.3 Å². The van der Waals surface area contributed by atoms with Gasteiger partial charge in [0.05, 0.1) is 36.6 Å². The molecule has 5 rings (SSSR count). The fourth-order valence-electron chi connectivity index (χ4n) is 4.22. The van der Waals surface area contributed by atoms with Crippen molar-refractivity contribution in [2.24, 2.45) is 0 Å². The van der Waals surface area contributed by atoms with Gasteiger partial charge in [0, 0.05) is 23.4 Å². The minimum Gasteiger partial charge on any atom is -0.495 e. The number of benzene rings is 2. The molecular formula is C25H22N4O6S. The summed E-state index contributed by atoms with van der Waals surface area (Å²) in [5.74, 6) is 0.982. The predicted octanol–water partition coefficient (Wildman–Crippen LogP) is 2.41. The van der Waals surface area contributed by atoms with E-state index in [1.807, 2.05) is 24.3 Å². The van der Waals surface area contributed by atoms with E-state index >= 15 is 0 Å². The van der Waals surface area contributed by atoms with Gasteiger partial charge in [-0.3, -0.25) is 4.79 Å². The Kier molecular flexibility index (Phi) is 5.86.